The summed E-state index contributed by atoms with van der Waals surface area (Å²) in [6.45, 7) is 4.88. The van der Waals surface area contributed by atoms with Gasteiger partial charge in [0.25, 0.3) is 0 Å². The van der Waals surface area contributed by atoms with Gasteiger partial charge in [-0.15, -0.1) is 0 Å². The van der Waals surface area contributed by atoms with Crippen LogP contribution in [0.4, 0.5) is 0 Å². The van der Waals surface area contributed by atoms with Crippen molar-refractivity contribution in [2.45, 2.75) is 51.5 Å². The average Bonchev–Trinajstić information content (AvgIpc) is 3.17. The molecule has 1 aliphatic rings. The Morgan fingerprint density at radius 2 is 2.07 bits per heavy atom. The highest BCUT2D eigenvalue weighted by Crippen LogP contribution is 2.36. The zero-order chi connectivity index (χ0) is 19.4. The first-order valence-corrected chi connectivity index (χ1v) is 9.88. The number of hydrogen-bond donors (Lipinski definition) is 1. The summed E-state index contributed by atoms with van der Waals surface area (Å²) in [4.78, 5) is 4.03. The van der Waals surface area contributed by atoms with Crippen LogP contribution in [0.15, 0.2) is 30.9 Å². The molecule has 2 heterocycles. The summed E-state index contributed by atoms with van der Waals surface area (Å²) in [5.41, 5.74) is 0.311. The average molecular weight is 414 g/mol. The fraction of sp³-hybridized carbons (Fsp3) is 0.579. The largest absolute Gasteiger partial charge is 0.390 e. The van der Waals surface area contributed by atoms with Gasteiger partial charge in [-0.3, -0.25) is 0 Å². The number of aliphatic hydroxyl groups excluding tert-OH is 1. The Morgan fingerprint density at radius 3 is 2.67 bits per heavy atom. The summed E-state index contributed by atoms with van der Waals surface area (Å²) in [6.07, 6.45) is 4.40. The smallest absolute Gasteiger partial charge is 0.157 e. The standard InChI is InChI=1S/C19H25Cl2N3O3/c1-3-4-17-26-9-19(2,10-27-17)18(25)16(24-12-22-11-23-24)7-13-5-6-14(20)8-15(13)21/h5-6,8,11-12,16-18,25H,3-4,7,9-10H2,1-2H3. The molecule has 1 saturated heterocycles. The van der Waals surface area contributed by atoms with Gasteiger partial charge in [-0.1, -0.05) is 49.5 Å². The van der Waals surface area contributed by atoms with Gasteiger partial charge in [0.05, 0.1) is 25.4 Å². The van der Waals surface area contributed by atoms with Gasteiger partial charge < -0.3 is 14.6 Å². The first-order chi connectivity index (χ1) is 12.9. The van der Waals surface area contributed by atoms with E-state index in [0.29, 0.717) is 29.7 Å². The first kappa shape index (κ1) is 20.6. The van der Waals surface area contributed by atoms with Crippen LogP contribution < -0.4 is 0 Å². The highest BCUT2D eigenvalue weighted by atomic mass is 35.5. The highest BCUT2D eigenvalue weighted by molar-refractivity contribution is 6.35. The fourth-order valence-electron chi connectivity index (χ4n) is 3.35. The van der Waals surface area contributed by atoms with E-state index in [0.717, 1.165) is 18.4 Å². The van der Waals surface area contributed by atoms with Crippen LogP contribution in [0.3, 0.4) is 0 Å². The van der Waals surface area contributed by atoms with Gasteiger partial charge >= 0.3 is 0 Å². The summed E-state index contributed by atoms with van der Waals surface area (Å²) >= 11 is 12.4. The third kappa shape index (κ3) is 4.81. The second-order valence-corrected chi connectivity index (χ2v) is 8.17. The van der Waals surface area contributed by atoms with Gasteiger partial charge in [0.1, 0.15) is 12.7 Å². The molecule has 1 aliphatic heterocycles. The molecule has 0 radical (unpaired) electrons. The summed E-state index contributed by atoms with van der Waals surface area (Å²) in [5, 5.41) is 16.6. The molecule has 8 heteroatoms. The van der Waals surface area contributed by atoms with Gasteiger partial charge in [-0.05, 0) is 30.5 Å². The normalized spacial score (nSPS) is 25.3. The van der Waals surface area contributed by atoms with Gasteiger partial charge in [-0.25, -0.2) is 9.67 Å². The molecule has 1 N–H and O–H groups in total. The Hall–Kier alpha value is -1.18. The molecule has 0 saturated carbocycles. The van der Waals surface area contributed by atoms with Gasteiger partial charge in [-0.2, -0.15) is 5.10 Å². The van der Waals surface area contributed by atoms with Crippen LogP contribution in [0.25, 0.3) is 0 Å². The van der Waals surface area contributed by atoms with Crippen molar-refractivity contribution in [1.82, 2.24) is 14.8 Å². The monoisotopic (exact) mass is 413 g/mol. The van der Waals surface area contributed by atoms with Gasteiger partial charge in [0, 0.05) is 15.5 Å². The Labute approximate surface area is 169 Å². The summed E-state index contributed by atoms with van der Waals surface area (Å²) in [7, 11) is 0. The van der Waals surface area contributed by atoms with E-state index in [4.69, 9.17) is 32.7 Å². The molecule has 0 aliphatic carbocycles. The Kier molecular flexibility index (Phi) is 6.76. The summed E-state index contributed by atoms with van der Waals surface area (Å²) in [6, 6.07) is 4.99. The minimum absolute atomic E-state index is 0.203. The number of nitrogens with zero attached hydrogens (tertiary/aromatic N) is 3. The van der Waals surface area contributed by atoms with Crippen molar-refractivity contribution in [3.63, 3.8) is 0 Å². The summed E-state index contributed by atoms with van der Waals surface area (Å²) < 4.78 is 13.3. The first-order valence-electron chi connectivity index (χ1n) is 9.12. The van der Waals surface area contributed by atoms with Crippen molar-refractivity contribution in [2.24, 2.45) is 5.41 Å². The number of ether oxygens (including phenoxy) is 2. The molecule has 1 aromatic carbocycles. The fourth-order valence-corrected chi connectivity index (χ4v) is 3.83. The zero-order valence-corrected chi connectivity index (χ0v) is 17.0. The molecule has 0 spiro atoms. The van der Waals surface area contributed by atoms with Crippen molar-refractivity contribution in [1.29, 1.82) is 0 Å². The van der Waals surface area contributed by atoms with E-state index in [9.17, 15) is 5.11 Å². The molecule has 1 aromatic heterocycles. The molecule has 2 aromatic rings. The van der Waals surface area contributed by atoms with Crippen LogP contribution in [0.1, 0.15) is 38.3 Å². The minimum atomic E-state index is -0.770. The van der Waals surface area contributed by atoms with Crippen LogP contribution in [-0.2, 0) is 15.9 Å². The second kappa shape index (κ2) is 8.88. The van der Waals surface area contributed by atoms with Crippen molar-refractivity contribution in [3.8, 4) is 0 Å². The van der Waals surface area contributed by atoms with Gasteiger partial charge in [0.2, 0.25) is 0 Å². The number of aliphatic hydroxyl groups is 1. The van der Waals surface area contributed by atoms with Crippen molar-refractivity contribution in [2.75, 3.05) is 13.2 Å². The van der Waals surface area contributed by atoms with Crippen LogP contribution in [0.5, 0.6) is 0 Å². The van der Waals surface area contributed by atoms with Crippen LogP contribution in [0, 0.1) is 5.41 Å². The lowest BCUT2D eigenvalue weighted by Crippen LogP contribution is -2.50. The van der Waals surface area contributed by atoms with Crippen LogP contribution in [-0.4, -0.2) is 45.5 Å². The maximum Gasteiger partial charge on any atom is 0.157 e. The molecule has 2 atom stereocenters. The van der Waals surface area contributed by atoms with E-state index >= 15 is 0 Å². The SMILES string of the molecule is CCCC1OCC(C)(C(O)C(Cc2ccc(Cl)cc2Cl)n2cncn2)CO1. The van der Waals surface area contributed by atoms with Crippen molar-refractivity contribution in [3.05, 3.63) is 46.5 Å². The molecular weight excluding hydrogens is 389 g/mol. The van der Waals surface area contributed by atoms with Crippen molar-refractivity contribution >= 4 is 23.2 Å². The lowest BCUT2D eigenvalue weighted by atomic mass is 9.79. The van der Waals surface area contributed by atoms with Crippen molar-refractivity contribution < 1.29 is 14.6 Å². The third-order valence-corrected chi connectivity index (χ3v) is 5.61. The Balaban J connectivity index is 1.81. The van der Waals surface area contributed by atoms with E-state index in [1.807, 2.05) is 13.0 Å². The maximum atomic E-state index is 11.3. The van der Waals surface area contributed by atoms with E-state index in [1.165, 1.54) is 6.33 Å². The molecule has 148 valence electrons. The number of rotatable bonds is 7. The minimum Gasteiger partial charge on any atom is -0.390 e. The number of aromatic nitrogens is 3. The van der Waals surface area contributed by atoms with E-state index in [-0.39, 0.29) is 12.3 Å². The second-order valence-electron chi connectivity index (χ2n) is 7.32. The molecular formula is C19H25Cl2N3O3. The molecule has 27 heavy (non-hydrogen) atoms. The molecule has 3 rings (SSSR count). The Bertz CT molecular complexity index is 734. The summed E-state index contributed by atoms with van der Waals surface area (Å²) in [5.74, 6) is 0. The van der Waals surface area contributed by atoms with Crippen LogP contribution in [0.2, 0.25) is 10.0 Å². The highest BCUT2D eigenvalue weighted by Gasteiger charge is 2.43. The van der Waals surface area contributed by atoms with Gasteiger partial charge in [0.15, 0.2) is 6.29 Å². The number of benzene rings is 1. The topological polar surface area (TPSA) is 69.4 Å². The predicted octanol–water partition coefficient (Wildman–Crippen LogP) is 3.91. The molecule has 0 bridgehead atoms. The molecule has 2 unspecified atom stereocenters. The Morgan fingerprint density at radius 1 is 1.33 bits per heavy atom. The van der Waals surface area contributed by atoms with E-state index in [1.54, 1.807) is 23.1 Å². The quantitative estimate of drug-likeness (QED) is 0.744. The predicted molar refractivity (Wildman–Crippen MR) is 104 cm³/mol. The zero-order valence-electron chi connectivity index (χ0n) is 15.5. The third-order valence-electron chi connectivity index (χ3n) is 5.02. The maximum absolute atomic E-state index is 11.3. The molecule has 1 fully saturated rings. The lowest BCUT2D eigenvalue weighted by molar-refractivity contribution is -0.250. The number of halogens is 2. The lowest BCUT2D eigenvalue weighted by Gasteiger charge is -2.43. The van der Waals surface area contributed by atoms with Crippen LogP contribution >= 0.6 is 23.2 Å². The van der Waals surface area contributed by atoms with E-state index in [2.05, 4.69) is 17.0 Å². The molecule has 0 amide bonds. The van der Waals surface area contributed by atoms with E-state index < -0.39 is 11.5 Å². The molecule has 6 nitrogen and oxygen atoms in total. The number of hydrogen-bond acceptors (Lipinski definition) is 5.